The minimum absolute atomic E-state index is 0.000612. The van der Waals surface area contributed by atoms with Gasteiger partial charge in [0, 0.05) is 26.4 Å². The molecule has 0 saturated heterocycles. The molecule has 2 atom stereocenters. The summed E-state index contributed by atoms with van der Waals surface area (Å²) in [5.74, 6) is 0.686. The molecule has 3 aromatic heterocycles. The first-order chi connectivity index (χ1) is 13.0. The Morgan fingerprint density at radius 3 is 2.67 bits per heavy atom. The third-order valence-electron chi connectivity index (χ3n) is 4.65. The number of aromatic nitrogens is 2. The largest absolute Gasteiger partial charge is 0.332 e. The average Bonchev–Trinajstić information content (AvgIpc) is 3.31. The molecule has 0 bridgehead atoms. The highest BCUT2D eigenvalue weighted by Gasteiger charge is 2.21. The van der Waals surface area contributed by atoms with E-state index < -0.39 is 0 Å². The number of aromatic amines is 1. The van der Waals surface area contributed by atoms with Gasteiger partial charge in [-0.3, -0.25) is 4.79 Å². The summed E-state index contributed by atoms with van der Waals surface area (Å²) in [6.45, 7) is 4.15. The Balaban J connectivity index is 1.64. The second-order valence-electron chi connectivity index (χ2n) is 6.55. The highest BCUT2D eigenvalue weighted by molar-refractivity contribution is 7.18. The predicted octanol–water partition coefficient (Wildman–Crippen LogP) is 4.75. The Kier molecular flexibility index (Phi) is 5.14. The van der Waals surface area contributed by atoms with Gasteiger partial charge in [-0.15, -0.1) is 22.7 Å². The summed E-state index contributed by atoms with van der Waals surface area (Å²) in [5, 5.41) is 7.63. The van der Waals surface area contributed by atoms with E-state index in [1.165, 1.54) is 11.3 Å². The molecule has 0 radical (unpaired) electrons. The zero-order valence-electron chi connectivity index (χ0n) is 14.9. The van der Waals surface area contributed by atoms with Crippen molar-refractivity contribution < 1.29 is 5.32 Å². The van der Waals surface area contributed by atoms with E-state index in [0.29, 0.717) is 11.2 Å². The molecule has 7 heteroatoms. The molecule has 0 saturated carbocycles. The van der Waals surface area contributed by atoms with Crippen LogP contribution in [-0.2, 0) is 0 Å². The molecule has 0 aliphatic heterocycles. The highest BCUT2D eigenvalue weighted by Crippen LogP contribution is 2.33. The summed E-state index contributed by atoms with van der Waals surface area (Å²) in [6.07, 6.45) is 0. The fraction of sp³-hybridized carbons (Fsp3) is 0.200. The van der Waals surface area contributed by atoms with Gasteiger partial charge in [0.05, 0.1) is 5.39 Å². The maximum atomic E-state index is 12.8. The highest BCUT2D eigenvalue weighted by atomic mass is 35.5. The third-order valence-corrected chi connectivity index (χ3v) is 6.77. The topological polar surface area (TPSA) is 62.4 Å². The van der Waals surface area contributed by atoms with E-state index in [9.17, 15) is 4.79 Å². The van der Waals surface area contributed by atoms with E-state index in [0.717, 1.165) is 25.9 Å². The molecule has 4 nitrogen and oxygen atoms in total. The lowest BCUT2D eigenvalue weighted by atomic mass is 10.1. The predicted molar refractivity (Wildman–Crippen MR) is 114 cm³/mol. The van der Waals surface area contributed by atoms with Crippen LogP contribution in [0.2, 0.25) is 5.02 Å². The van der Waals surface area contributed by atoms with Gasteiger partial charge in [0.2, 0.25) is 0 Å². The van der Waals surface area contributed by atoms with E-state index in [1.54, 1.807) is 11.3 Å². The Hall–Kier alpha value is -1.99. The number of thiophene rings is 2. The van der Waals surface area contributed by atoms with Crippen molar-refractivity contribution in [2.75, 3.05) is 0 Å². The number of benzene rings is 1. The number of quaternary nitrogens is 1. The molecule has 138 valence electrons. The van der Waals surface area contributed by atoms with Crippen LogP contribution in [-0.4, -0.2) is 9.97 Å². The zero-order valence-corrected chi connectivity index (χ0v) is 17.3. The molecule has 27 heavy (non-hydrogen) atoms. The van der Waals surface area contributed by atoms with Crippen LogP contribution in [0.25, 0.3) is 20.7 Å². The van der Waals surface area contributed by atoms with Crippen LogP contribution < -0.4 is 10.9 Å². The van der Waals surface area contributed by atoms with Crippen molar-refractivity contribution in [3.05, 3.63) is 73.9 Å². The van der Waals surface area contributed by atoms with E-state index >= 15 is 0 Å². The first-order valence-electron chi connectivity index (χ1n) is 8.69. The average molecular weight is 417 g/mol. The first kappa shape index (κ1) is 18.4. The Morgan fingerprint density at radius 1 is 1.11 bits per heavy atom. The molecule has 4 aromatic rings. The van der Waals surface area contributed by atoms with E-state index in [1.807, 2.05) is 54.1 Å². The Labute approximate surface area is 169 Å². The molecular weight excluding hydrogens is 398 g/mol. The molecule has 3 heterocycles. The number of H-pyrrole nitrogens is 1. The second kappa shape index (κ2) is 7.56. The molecule has 0 aliphatic carbocycles. The maximum absolute atomic E-state index is 12.8. The number of fused-ring (bicyclic) bond motifs is 1. The van der Waals surface area contributed by atoms with Crippen LogP contribution in [0.4, 0.5) is 0 Å². The number of nitrogens with zero attached hydrogens (tertiary/aromatic N) is 1. The first-order valence-corrected chi connectivity index (χ1v) is 10.8. The molecule has 1 aromatic carbocycles. The monoisotopic (exact) mass is 416 g/mol. The van der Waals surface area contributed by atoms with Crippen LogP contribution in [0.15, 0.2) is 52.0 Å². The van der Waals surface area contributed by atoms with Crippen molar-refractivity contribution >= 4 is 44.5 Å². The number of halogens is 1. The van der Waals surface area contributed by atoms with Gasteiger partial charge in [0.15, 0.2) is 5.82 Å². The van der Waals surface area contributed by atoms with Gasteiger partial charge in [0.25, 0.3) is 5.56 Å². The summed E-state index contributed by atoms with van der Waals surface area (Å²) in [4.78, 5) is 22.4. The second-order valence-corrected chi connectivity index (χ2v) is 8.76. The summed E-state index contributed by atoms with van der Waals surface area (Å²) in [7, 11) is 0. The Morgan fingerprint density at radius 2 is 1.93 bits per heavy atom. The van der Waals surface area contributed by atoms with Crippen LogP contribution in [0.5, 0.6) is 0 Å². The van der Waals surface area contributed by atoms with Gasteiger partial charge in [-0.05, 0) is 31.4 Å². The molecule has 0 spiro atoms. The number of hydrogen-bond donors (Lipinski definition) is 2. The van der Waals surface area contributed by atoms with Crippen molar-refractivity contribution in [2.24, 2.45) is 0 Å². The summed E-state index contributed by atoms with van der Waals surface area (Å²) in [6, 6.07) is 12.0. The van der Waals surface area contributed by atoms with E-state index in [-0.39, 0.29) is 17.6 Å². The standard InChI is InChI=1S/C20H18ClN3OS2/c1-11(13-6-3-4-7-15(13)21)22-12(2)18-23-19(25)17-14(10-27-20(17)24-18)16-8-5-9-26-16/h3-12,22H,1-2H3,(H,23,24,25)/p+1/t11-,12-/m0/s1. The van der Waals surface area contributed by atoms with E-state index in [4.69, 9.17) is 16.6 Å². The summed E-state index contributed by atoms with van der Waals surface area (Å²) in [5.41, 5.74) is 1.96. The smallest absolute Gasteiger partial charge is 0.260 e. The Bertz CT molecular complexity index is 1130. The van der Waals surface area contributed by atoms with Gasteiger partial charge in [-0.25, -0.2) is 4.98 Å². The van der Waals surface area contributed by atoms with Crippen LogP contribution in [0, 0.1) is 0 Å². The molecule has 0 amide bonds. The SMILES string of the molecule is C[C@H]([NH2+][C@@H](C)c1ccccc1Cl)c1nc2scc(-c3cccs3)c2c(=O)[nH]1. The van der Waals surface area contributed by atoms with Gasteiger partial charge >= 0.3 is 0 Å². The minimum Gasteiger partial charge on any atom is -0.332 e. The van der Waals surface area contributed by atoms with Gasteiger partial charge < -0.3 is 10.3 Å². The lowest BCUT2D eigenvalue weighted by Gasteiger charge is -2.17. The number of rotatable bonds is 5. The number of hydrogen-bond acceptors (Lipinski definition) is 4. The number of nitrogens with one attached hydrogen (secondary N) is 1. The van der Waals surface area contributed by atoms with Crippen molar-refractivity contribution in [3.63, 3.8) is 0 Å². The van der Waals surface area contributed by atoms with Gasteiger partial charge in [0.1, 0.15) is 16.9 Å². The van der Waals surface area contributed by atoms with Crippen molar-refractivity contribution in [1.29, 1.82) is 0 Å². The summed E-state index contributed by atoms with van der Waals surface area (Å²) < 4.78 is 0. The fourth-order valence-electron chi connectivity index (χ4n) is 3.27. The lowest BCUT2D eigenvalue weighted by molar-refractivity contribution is -0.729. The lowest BCUT2D eigenvalue weighted by Crippen LogP contribution is -2.85. The number of nitrogens with two attached hydrogens (primary N) is 1. The van der Waals surface area contributed by atoms with Gasteiger partial charge in [-0.2, -0.15) is 0 Å². The van der Waals surface area contributed by atoms with Crippen molar-refractivity contribution in [3.8, 4) is 10.4 Å². The normalized spacial score (nSPS) is 13.7. The van der Waals surface area contributed by atoms with Crippen LogP contribution in [0.3, 0.4) is 0 Å². The van der Waals surface area contributed by atoms with Crippen molar-refractivity contribution in [1.82, 2.24) is 9.97 Å². The minimum atomic E-state index is -0.0784. The maximum Gasteiger partial charge on any atom is 0.260 e. The molecule has 0 unspecified atom stereocenters. The molecule has 4 rings (SSSR count). The molecular formula is C20H19ClN3OS2+. The van der Waals surface area contributed by atoms with Crippen LogP contribution in [0.1, 0.15) is 37.3 Å². The molecule has 0 aliphatic rings. The molecule has 0 fully saturated rings. The summed E-state index contributed by atoms with van der Waals surface area (Å²) >= 11 is 9.46. The fourth-order valence-corrected chi connectivity index (χ4v) is 5.34. The van der Waals surface area contributed by atoms with Gasteiger partial charge in [-0.1, -0.05) is 35.9 Å². The zero-order chi connectivity index (χ0) is 19.0. The molecule has 3 N–H and O–H groups in total. The van der Waals surface area contributed by atoms with Crippen LogP contribution >= 0.6 is 34.3 Å². The van der Waals surface area contributed by atoms with E-state index in [2.05, 4.69) is 17.2 Å². The quantitative estimate of drug-likeness (QED) is 0.493. The van der Waals surface area contributed by atoms with Crippen molar-refractivity contribution in [2.45, 2.75) is 25.9 Å². The third kappa shape index (κ3) is 3.58.